The lowest BCUT2D eigenvalue weighted by atomic mass is 10.2. The minimum absolute atomic E-state index is 0.490. The molecule has 8 heteroatoms. The summed E-state index contributed by atoms with van der Waals surface area (Å²) in [5.74, 6) is 1.70. The van der Waals surface area contributed by atoms with Crippen LogP contribution in [0.1, 0.15) is 11.1 Å². The molecule has 0 aliphatic rings. The van der Waals surface area contributed by atoms with Crippen molar-refractivity contribution in [1.29, 1.82) is 0 Å². The maximum absolute atomic E-state index is 6.03. The van der Waals surface area contributed by atoms with Gasteiger partial charge in [0.25, 0.3) is 0 Å². The molecule has 31 heavy (non-hydrogen) atoms. The predicted octanol–water partition coefficient (Wildman–Crippen LogP) is 4.78. The van der Waals surface area contributed by atoms with E-state index in [0.29, 0.717) is 6.61 Å². The lowest BCUT2D eigenvalue weighted by molar-refractivity contribution is 0.306. The number of nitrogens with zero attached hydrogens (tertiary/aromatic N) is 4. The summed E-state index contributed by atoms with van der Waals surface area (Å²) in [7, 11) is 0. The predicted molar refractivity (Wildman–Crippen MR) is 124 cm³/mol. The van der Waals surface area contributed by atoms with Crippen LogP contribution in [0.15, 0.2) is 84.0 Å². The van der Waals surface area contributed by atoms with Crippen LogP contribution in [0, 0.1) is 0 Å². The van der Waals surface area contributed by atoms with E-state index in [1.54, 1.807) is 16.4 Å². The fourth-order valence-electron chi connectivity index (χ4n) is 2.99. The molecule has 0 saturated carbocycles. The second-order valence-electron chi connectivity index (χ2n) is 6.80. The lowest BCUT2D eigenvalue weighted by Gasteiger charge is -2.09. The Morgan fingerprint density at radius 3 is 2.65 bits per heavy atom. The van der Waals surface area contributed by atoms with E-state index in [1.807, 2.05) is 66.7 Å². The summed E-state index contributed by atoms with van der Waals surface area (Å²) >= 11 is 7.65. The van der Waals surface area contributed by atoms with Gasteiger partial charge in [-0.05, 0) is 58.0 Å². The molecule has 158 valence electrons. The Kier molecular flexibility index (Phi) is 7.55. The number of thioether (sulfide) groups is 1. The van der Waals surface area contributed by atoms with Gasteiger partial charge in [-0.3, -0.25) is 0 Å². The molecule has 0 atom stereocenters. The summed E-state index contributed by atoms with van der Waals surface area (Å²) in [6, 6.07) is 25.7. The summed E-state index contributed by atoms with van der Waals surface area (Å²) in [6.07, 6.45) is 0. The quantitative estimate of drug-likeness (QED) is 0.276. The average Bonchev–Trinajstić information content (AvgIpc) is 3.27. The van der Waals surface area contributed by atoms with Crippen LogP contribution in [0.4, 0.5) is 0 Å². The first-order chi connectivity index (χ1) is 15.3. The van der Waals surface area contributed by atoms with Crippen LogP contribution in [0.5, 0.6) is 5.75 Å². The Balaban J connectivity index is 1.22. The van der Waals surface area contributed by atoms with Crippen molar-refractivity contribution in [3.8, 4) is 11.4 Å². The number of hydrogen-bond donors (Lipinski definition) is 1. The third kappa shape index (κ3) is 6.30. The Labute approximate surface area is 190 Å². The third-order valence-corrected chi connectivity index (χ3v) is 5.63. The minimum atomic E-state index is 0.490. The molecule has 6 nitrogen and oxygen atoms in total. The van der Waals surface area contributed by atoms with Crippen molar-refractivity contribution in [2.45, 2.75) is 18.3 Å². The van der Waals surface area contributed by atoms with E-state index in [9.17, 15) is 0 Å². The average molecular weight is 452 g/mol. The number of halogens is 1. The SMILES string of the molecule is Clc1cccc(COc2cccc(CNCCSc3nnnn3-c3ccccc3)c2)c1. The maximum atomic E-state index is 6.03. The third-order valence-electron chi connectivity index (χ3n) is 4.47. The molecule has 0 fully saturated rings. The van der Waals surface area contributed by atoms with Crippen molar-refractivity contribution in [3.63, 3.8) is 0 Å². The normalized spacial score (nSPS) is 10.9. The van der Waals surface area contributed by atoms with Gasteiger partial charge in [0.05, 0.1) is 5.69 Å². The Morgan fingerprint density at radius 2 is 1.77 bits per heavy atom. The number of rotatable bonds is 10. The van der Waals surface area contributed by atoms with E-state index in [-0.39, 0.29) is 0 Å². The number of benzene rings is 3. The van der Waals surface area contributed by atoms with E-state index in [1.165, 1.54) is 5.56 Å². The van der Waals surface area contributed by atoms with Crippen LogP contribution in [0.25, 0.3) is 5.69 Å². The molecule has 4 aromatic rings. The Morgan fingerprint density at radius 1 is 0.935 bits per heavy atom. The van der Waals surface area contributed by atoms with Crippen molar-refractivity contribution in [3.05, 3.63) is 95.0 Å². The van der Waals surface area contributed by atoms with E-state index in [0.717, 1.165) is 46.0 Å². The molecule has 0 aliphatic heterocycles. The molecule has 0 amide bonds. The standard InChI is InChI=1S/C23H22ClN5OS/c24-20-8-4-7-19(14-20)17-30-22-11-5-6-18(15-22)16-25-12-13-31-23-26-27-28-29(23)21-9-2-1-3-10-21/h1-11,14-15,25H,12-13,16-17H2. The number of tetrazole rings is 1. The zero-order valence-corrected chi connectivity index (χ0v) is 18.4. The molecule has 4 rings (SSSR count). The zero-order chi connectivity index (χ0) is 21.3. The fourth-order valence-corrected chi connectivity index (χ4v) is 3.99. The second-order valence-corrected chi connectivity index (χ2v) is 8.30. The summed E-state index contributed by atoms with van der Waals surface area (Å²) in [5.41, 5.74) is 3.17. The van der Waals surface area contributed by atoms with Gasteiger partial charge in [0.2, 0.25) is 5.16 Å². The van der Waals surface area contributed by atoms with Gasteiger partial charge in [-0.2, -0.15) is 4.68 Å². The van der Waals surface area contributed by atoms with Crippen LogP contribution >= 0.6 is 23.4 Å². The highest BCUT2D eigenvalue weighted by Gasteiger charge is 2.08. The first-order valence-electron chi connectivity index (χ1n) is 9.91. The molecular weight excluding hydrogens is 430 g/mol. The van der Waals surface area contributed by atoms with E-state index in [4.69, 9.17) is 16.3 Å². The van der Waals surface area contributed by atoms with Crippen molar-refractivity contribution in [2.24, 2.45) is 0 Å². The first kappa shape index (κ1) is 21.4. The highest BCUT2D eigenvalue weighted by Crippen LogP contribution is 2.18. The van der Waals surface area contributed by atoms with Crippen molar-refractivity contribution >= 4 is 23.4 Å². The number of hydrogen-bond acceptors (Lipinski definition) is 6. The van der Waals surface area contributed by atoms with Crippen molar-refractivity contribution < 1.29 is 4.74 Å². The summed E-state index contributed by atoms with van der Waals surface area (Å²) in [5, 5.41) is 17.0. The molecule has 3 aromatic carbocycles. The van der Waals surface area contributed by atoms with E-state index < -0.39 is 0 Å². The molecule has 1 N–H and O–H groups in total. The van der Waals surface area contributed by atoms with E-state index in [2.05, 4.69) is 33.0 Å². The van der Waals surface area contributed by atoms with Gasteiger partial charge >= 0.3 is 0 Å². The molecule has 0 unspecified atom stereocenters. The number of para-hydroxylation sites is 1. The van der Waals surface area contributed by atoms with Gasteiger partial charge < -0.3 is 10.1 Å². The van der Waals surface area contributed by atoms with Gasteiger partial charge in [0.1, 0.15) is 12.4 Å². The van der Waals surface area contributed by atoms with E-state index >= 15 is 0 Å². The molecular formula is C23H22ClN5OS. The van der Waals surface area contributed by atoms with Gasteiger partial charge in [0.15, 0.2) is 0 Å². The second kappa shape index (κ2) is 10.9. The van der Waals surface area contributed by atoms with Crippen LogP contribution in [-0.4, -0.2) is 32.5 Å². The summed E-state index contributed by atoms with van der Waals surface area (Å²) < 4.78 is 7.66. The first-order valence-corrected chi connectivity index (χ1v) is 11.3. The molecule has 0 spiro atoms. The Hall–Kier alpha value is -2.87. The number of nitrogens with one attached hydrogen (secondary N) is 1. The van der Waals surface area contributed by atoms with Gasteiger partial charge in [-0.15, -0.1) is 5.10 Å². The van der Waals surface area contributed by atoms with Crippen LogP contribution in [-0.2, 0) is 13.2 Å². The maximum Gasteiger partial charge on any atom is 0.214 e. The van der Waals surface area contributed by atoms with Gasteiger partial charge in [-0.25, -0.2) is 0 Å². The number of ether oxygens (including phenoxy) is 1. The van der Waals surface area contributed by atoms with Crippen molar-refractivity contribution in [1.82, 2.24) is 25.5 Å². The van der Waals surface area contributed by atoms with Crippen LogP contribution in [0.2, 0.25) is 5.02 Å². The minimum Gasteiger partial charge on any atom is -0.489 e. The Bertz CT molecular complexity index is 1110. The fraction of sp³-hybridized carbons (Fsp3) is 0.174. The van der Waals surface area contributed by atoms with Crippen LogP contribution in [0.3, 0.4) is 0 Å². The largest absolute Gasteiger partial charge is 0.489 e. The molecule has 0 bridgehead atoms. The molecule has 0 aliphatic carbocycles. The highest BCUT2D eigenvalue weighted by atomic mass is 35.5. The molecule has 1 heterocycles. The highest BCUT2D eigenvalue weighted by molar-refractivity contribution is 7.99. The van der Waals surface area contributed by atoms with Crippen LogP contribution < -0.4 is 10.1 Å². The summed E-state index contributed by atoms with van der Waals surface area (Å²) in [6.45, 7) is 2.09. The molecule has 0 saturated heterocycles. The zero-order valence-electron chi connectivity index (χ0n) is 16.8. The topological polar surface area (TPSA) is 64.9 Å². The molecule has 0 radical (unpaired) electrons. The smallest absolute Gasteiger partial charge is 0.214 e. The monoisotopic (exact) mass is 451 g/mol. The molecule has 1 aromatic heterocycles. The number of aromatic nitrogens is 4. The summed E-state index contributed by atoms with van der Waals surface area (Å²) in [4.78, 5) is 0. The van der Waals surface area contributed by atoms with Gasteiger partial charge in [-0.1, -0.05) is 65.8 Å². The lowest BCUT2D eigenvalue weighted by Crippen LogP contribution is -2.16. The van der Waals surface area contributed by atoms with Gasteiger partial charge in [0, 0.05) is 23.9 Å². The van der Waals surface area contributed by atoms with Crippen molar-refractivity contribution in [2.75, 3.05) is 12.3 Å².